The first-order chi connectivity index (χ1) is 44.0. The Morgan fingerprint density at radius 3 is 0.934 bits per heavy atom. The molecule has 4 aliphatic carbocycles. The van der Waals surface area contributed by atoms with Crippen molar-refractivity contribution in [2.24, 2.45) is 0 Å². The Morgan fingerprint density at radius 2 is 0.571 bits per heavy atom. The molecule has 0 fully saturated rings. The van der Waals surface area contributed by atoms with Crippen LogP contribution in [-0.4, -0.2) is 0 Å². The molecule has 0 aliphatic heterocycles. The highest BCUT2D eigenvalue weighted by Gasteiger charge is 2.40. The minimum Gasteiger partial charge on any atom is -0.0906 e. The van der Waals surface area contributed by atoms with Gasteiger partial charge in [-0.15, -0.1) is 0 Å². The van der Waals surface area contributed by atoms with Crippen molar-refractivity contribution in [3.63, 3.8) is 0 Å². The van der Waals surface area contributed by atoms with Crippen LogP contribution in [0.2, 0.25) is 0 Å². The first kappa shape index (κ1) is 62.3. The van der Waals surface area contributed by atoms with Crippen molar-refractivity contribution in [3.8, 4) is 44.5 Å². The lowest BCUT2D eigenvalue weighted by Crippen LogP contribution is -2.14. The molecule has 13 aromatic rings. The van der Waals surface area contributed by atoms with Crippen LogP contribution in [0.3, 0.4) is 0 Å². The molecule has 4 aliphatic rings. The van der Waals surface area contributed by atoms with E-state index < -0.39 is 0 Å². The lowest BCUT2D eigenvalue weighted by Gasteiger charge is -2.32. The highest BCUT2D eigenvalue weighted by molar-refractivity contribution is 9.12. The van der Waals surface area contributed by atoms with Gasteiger partial charge in [0.25, 0.3) is 0 Å². The first-order valence-electron chi connectivity index (χ1n) is 30.0. The van der Waals surface area contributed by atoms with E-state index in [2.05, 4.69) is 351 Å². The Kier molecular flexibility index (Phi) is 18.5. The van der Waals surface area contributed by atoms with Gasteiger partial charge in [0.15, 0.2) is 0 Å². The van der Waals surface area contributed by atoms with Gasteiger partial charge in [-0.05, 0) is 201 Å². The van der Waals surface area contributed by atoms with Crippen molar-refractivity contribution in [3.05, 3.63) is 351 Å². The van der Waals surface area contributed by atoms with E-state index in [-0.39, 0.29) is 7.43 Å². The summed E-state index contributed by atoms with van der Waals surface area (Å²) >= 11 is 22.3. The lowest BCUT2D eigenvalue weighted by atomic mass is 9.71. The van der Waals surface area contributed by atoms with Crippen molar-refractivity contribution in [1.82, 2.24) is 0 Å². The summed E-state index contributed by atoms with van der Waals surface area (Å²) in [4.78, 5) is 0. The standard InChI is InChI=1S/C28H20Br2.C28H16Br2.C16H14.C12H6Br2.CH4/c2*29-25-13-11-19-23-15-21(17-7-3-1-4-8-17)22(18-9-5-2-6-10-18)16-24(23)20-12-14-26(30)28(25)27(19)20;1-13(15-9-5-3-6-10-15)14(2)16-11-7-4-8-12-16;13-9-5-3-7-1-2-8-4-6-10(14)12(9)11(7)8;/h1-14,23-24H,15-16H2;1-16H;3-12H,1-2H2;1-6H;1H4. The van der Waals surface area contributed by atoms with Gasteiger partial charge in [-0.25, -0.2) is 0 Å². The van der Waals surface area contributed by atoms with Crippen LogP contribution in [0, 0.1) is 0 Å². The Bertz CT molecular complexity index is 4710. The van der Waals surface area contributed by atoms with Crippen LogP contribution in [0.4, 0.5) is 0 Å². The average Bonchev–Trinajstić information content (AvgIpc) is 1.61. The van der Waals surface area contributed by atoms with E-state index >= 15 is 0 Å². The molecule has 442 valence electrons. The van der Waals surface area contributed by atoms with Gasteiger partial charge in [-0.1, -0.05) is 347 Å². The van der Waals surface area contributed by atoms with Gasteiger partial charge >= 0.3 is 0 Å². The highest BCUT2D eigenvalue weighted by atomic mass is 79.9. The summed E-state index contributed by atoms with van der Waals surface area (Å²) in [5.41, 5.74) is 25.8. The number of rotatable bonds is 7. The van der Waals surface area contributed by atoms with Crippen LogP contribution in [0.25, 0.3) is 111 Å². The minimum absolute atomic E-state index is 0. The SMILES string of the molecule is Brc1ccc2c3c(ccc(Br)c13)-c1cc(-c3ccccc3)c(-c3ccccc3)cc1-2.Brc1ccc2c3c(ccc(Br)c13)C1CC(c3ccccc3)=C(c3ccccc3)CC21.Brc1ccc2c3c(ccc(Br)c13)C=C2.C.C=C(C(=C)c1ccccc1)c1ccccc1. The zero-order valence-corrected chi connectivity index (χ0v) is 58.3. The second kappa shape index (κ2) is 27.0. The number of hydrogen-bond donors (Lipinski definition) is 0. The third kappa shape index (κ3) is 11.9. The molecule has 0 saturated carbocycles. The second-order valence-electron chi connectivity index (χ2n) is 23.0. The molecule has 13 aromatic carbocycles. The van der Waals surface area contributed by atoms with Crippen LogP contribution in [0.1, 0.15) is 76.6 Å². The molecular formula is C85H60Br6. The summed E-state index contributed by atoms with van der Waals surface area (Å²) in [6, 6.07) is 94.8. The molecule has 0 spiro atoms. The first-order valence-corrected chi connectivity index (χ1v) is 34.8. The highest BCUT2D eigenvalue weighted by Crippen LogP contribution is 2.60. The molecule has 0 bridgehead atoms. The van der Waals surface area contributed by atoms with E-state index in [0.717, 1.165) is 53.0 Å². The van der Waals surface area contributed by atoms with Gasteiger partial charge in [0.2, 0.25) is 0 Å². The van der Waals surface area contributed by atoms with Crippen molar-refractivity contribution >= 4 is 162 Å². The zero-order chi connectivity index (χ0) is 61.6. The van der Waals surface area contributed by atoms with E-state index in [1.807, 2.05) is 36.4 Å². The van der Waals surface area contributed by atoms with E-state index in [1.165, 1.54) is 130 Å². The van der Waals surface area contributed by atoms with E-state index in [1.54, 1.807) is 0 Å². The predicted molar refractivity (Wildman–Crippen MR) is 414 cm³/mol. The van der Waals surface area contributed by atoms with Gasteiger partial charge in [0.1, 0.15) is 0 Å². The maximum atomic E-state index is 4.10. The normalized spacial score (nSPS) is 14.1. The van der Waals surface area contributed by atoms with Gasteiger partial charge < -0.3 is 0 Å². The van der Waals surface area contributed by atoms with Crippen LogP contribution < -0.4 is 0 Å². The quantitative estimate of drug-likeness (QED) is 0.140. The molecule has 0 saturated heterocycles. The summed E-state index contributed by atoms with van der Waals surface area (Å²) in [5, 5.41) is 7.94. The van der Waals surface area contributed by atoms with Crippen LogP contribution in [-0.2, 0) is 0 Å². The summed E-state index contributed by atoms with van der Waals surface area (Å²) in [7, 11) is 0. The van der Waals surface area contributed by atoms with Crippen LogP contribution >= 0.6 is 95.6 Å². The van der Waals surface area contributed by atoms with Crippen molar-refractivity contribution in [2.75, 3.05) is 0 Å². The van der Waals surface area contributed by atoms with Gasteiger partial charge in [-0.2, -0.15) is 0 Å². The molecule has 17 rings (SSSR count). The third-order valence-electron chi connectivity index (χ3n) is 18.0. The Morgan fingerprint density at radius 1 is 0.275 bits per heavy atom. The van der Waals surface area contributed by atoms with Gasteiger partial charge in [-0.3, -0.25) is 0 Å². The number of benzene rings is 13. The predicted octanol–water partition coefficient (Wildman–Crippen LogP) is 28.2. The number of allylic oxidation sites excluding steroid dienone is 4. The molecule has 0 amide bonds. The second-order valence-corrected chi connectivity index (χ2v) is 28.1. The monoisotopic (exact) mass is 1550 g/mol. The molecule has 0 radical (unpaired) electrons. The molecule has 0 aromatic heterocycles. The Balaban J connectivity index is 0.000000116. The Hall–Kier alpha value is -7.52. The third-order valence-corrected chi connectivity index (χ3v) is 22.0. The largest absolute Gasteiger partial charge is 0.0906 e. The van der Waals surface area contributed by atoms with Crippen LogP contribution in [0.15, 0.2) is 307 Å². The maximum Gasteiger partial charge on any atom is 0.0265 e. The molecule has 0 nitrogen and oxygen atoms in total. The summed E-state index contributed by atoms with van der Waals surface area (Å²) in [5.74, 6) is 1.07. The molecule has 0 heterocycles. The molecule has 2 atom stereocenters. The number of halogens is 6. The number of fused-ring (bicyclic) bond motifs is 6. The fourth-order valence-electron chi connectivity index (χ4n) is 13.7. The smallest absolute Gasteiger partial charge is 0.0265 e. The van der Waals surface area contributed by atoms with E-state index in [4.69, 9.17) is 0 Å². The number of hydrogen-bond acceptors (Lipinski definition) is 0. The fourth-order valence-corrected chi connectivity index (χ4v) is 17.8. The Labute approximate surface area is 584 Å². The summed E-state index contributed by atoms with van der Waals surface area (Å²) in [6.45, 7) is 8.20. The van der Waals surface area contributed by atoms with E-state index in [0.29, 0.717) is 11.8 Å². The lowest BCUT2D eigenvalue weighted by molar-refractivity contribution is 0.567. The molecule has 0 N–H and O–H groups in total. The summed E-state index contributed by atoms with van der Waals surface area (Å²) < 4.78 is 6.88. The van der Waals surface area contributed by atoms with Crippen molar-refractivity contribution < 1.29 is 0 Å². The van der Waals surface area contributed by atoms with Gasteiger partial charge in [0, 0.05) is 43.0 Å². The topological polar surface area (TPSA) is 0 Å². The molecule has 6 heteroatoms. The van der Waals surface area contributed by atoms with E-state index in [9.17, 15) is 0 Å². The van der Waals surface area contributed by atoms with Crippen LogP contribution in [0.5, 0.6) is 0 Å². The van der Waals surface area contributed by atoms with Crippen molar-refractivity contribution in [1.29, 1.82) is 0 Å². The molecule has 2 unspecified atom stereocenters. The summed E-state index contributed by atoms with van der Waals surface area (Å²) in [6.07, 6.45) is 6.50. The zero-order valence-electron chi connectivity index (χ0n) is 48.8. The fraction of sp³-hybridized carbons (Fsp3) is 0.0588. The van der Waals surface area contributed by atoms with Gasteiger partial charge in [0.05, 0.1) is 0 Å². The maximum absolute atomic E-state index is 4.10. The van der Waals surface area contributed by atoms with Crippen molar-refractivity contribution in [2.45, 2.75) is 32.1 Å². The minimum atomic E-state index is 0. The molecule has 91 heavy (non-hydrogen) atoms. The molecular weight excluding hydrogens is 1500 g/mol. The average molecular weight is 1560 g/mol.